The topological polar surface area (TPSA) is 6.48 Å². The first kappa shape index (κ1) is 49.1. The van der Waals surface area contributed by atoms with Gasteiger partial charge in [-0.25, -0.2) is 0 Å². The minimum Gasteiger partial charge on any atom is -0.334 e. The zero-order valence-electron chi connectivity index (χ0n) is 47.6. The Kier molecular flexibility index (Phi) is 11.0. The summed E-state index contributed by atoms with van der Waals surface area (Å²) in [5, 5.41) is 7.76. The molecule has 2 saturated carbocycles. The van der Waals surface area contributed by atoms with Crippen LogP contribution in [0.5, 0.6) is 0 Å². The third-order valence-electron chi connectivity index (χ3n) is 21.4. The summed E-state index contributed by atoms with van der Waals surface area (Å²) in [5.74, 6) is 0. The normalized spacial score (nSPS) is 21.9. The van der Waals surface area contributed by atoms with Gasteiger partial charge >= 0.3 is 0 Å². The van der Waals surface area contributed by atoms with Crippen molar-refractivity contribution >= 4 is 55.1 Å². The molecule has 2 heterocycles. The van der Waals surface area contributed by atoms with E-state index in [0.717, 1.165) is 0 Å². The second-order valence-electron chi connectivity index (χ2n) is 25.3. The van der Waals surface area contributed by atoms with E-state index in [-0.39, 0.29) is 21.9 Å². The monoisotopic (exact) mass is 1060 g/mol. The molecule has 0 radical (unpaired) electrons. The average Bonchev–Trinajstić information content (AvgIpc) is 2.08. The lowest BCUT2D eigenvalue weighted by Crippen LogP contribution is -2.54. The van der Waals surface area contributed by atoms with Gasteiger partial charge in [-0.05, 0) is 210 Å². The average molecular weight is 1060 g/mol. The molecule has 82 heavy (non-hydrogen) atoms. The highest BCUT2D eigenvalue weighted by Crippen LogP contribution is 2.63. The van der Waals surface area contributed by atoms with Crippen molar-refractivity contribution in [3.63, 3.8) is 0 Å². The second kappa shape index (κ2) is 18.4. The SMILES string of the molecule is CC12CCCCC1(C)N(c1ccccc1)c1ccc(-c3ccc(-c4cc(-c5ccccc5)c5ccc6c(-c7ccc(-c8ccc9c(c8)C8(C)CCCCC8(C)N9c8ccccc8)cc7)cc(-c7ccccc7)c7ccc4c5c76)cc3)cc12. The number of rotatable bonds is 8. The predicted molar refractivity (Wildman–Crippen MR) is 348 cm³/mol. The molecule has 0 bridgehead atoms. The summed E-state index contributed by atoms with van der Waals surface area (Å²) in [5.41, 5.74) is 23.4. The number of para-hydroxylation sites is 2. The van der Waals surface area contributed by atoms with Crippen LogP contribution in [0.4, 0.5) is 22.7 Å². The highest BCUT2D eigenvalue weighted by molar-refractivity contribution is 6.32. The molecule has 4 unspecified atom stereocenters. The van der Waals surface area contributed by atoms with E-state index in [1.165, 1.54) is 184 Å². The first-order chi connectivity index (χ1) is 40.1. The summed E-state index contributed by atoms with van der Waals surface area (Å²) in [6.45, 7) is 10.1. The van der Waals surface area contributed by atoms with E-state index in [0.29, 0.717) is 0 Å². The molecule has 4 atom stereocenters. The standard InChI is InChI=1S/C80H68N2/c1-77-45-17-19-47-79(77,3)81(61-25-13-7-14-26-61)73-43-37-59(49-71(73)77)53-29-33-57(34-30-53)69-51-67(55-21-9-5-10-22-55)63-40-42-66-70(52-68(56-23-11-6-12-24-56)64-39-41-65(69)75(63)76(64)66)58-35-31-54(32-36-58)60-38-44-74-72(50-60)78(2)46-18-20-48-80(78,4)82(74)62-27-15-8-16-28-62/h5-16,21-44,49-52H,17-20,45-48H2,1-4H3. The van der Waals surface area contributed by atoms with Gasteiger partial charge in [0.25, 0.3) is 0 Å². The molecule has 398 valence electrons. The van der Waals surface area contributed by atoms with Gasteiger partial charge in [0.1, 0.15) is 0 Å². The maximum Gasteiger partial charge on any atom is 0.0517 e. The van der Waals surface area contributed by atoms with Crippen LogP contribution in [0.3, 0.4) is 0 Å². The van der Waals surface area contributed by atoms with Crippen LogP contribution in [0.15, 0.2) is 243 Å². The van der Waals surface area contributed by atoms with Gasteiger partial charge in [-0.1, -0.05) is 222 Å². The van der Waals surface area contributed by atoms with Crippen molar-refractivity contribution in [2.45, 2.75) is 101 Å². The van der Waals surface area contributed by atoms with Gasteiger partial charge in [0.15, 0.2) is 0 Å². The molecule has 0 saturated heterocycles. The lowest BCUT2D eigenvalue weighted by Gasteiger charge is -2.50. The molecule has 0 spiro atoms. The van der Waals surface area contributed by atoms with E-state index in [9.17, 15) is 0 Å². The molecule has 12 aromatic carbocycles. The zero-order valence-corrected chi connectivity index (χ0v) is 47.6. The highest BCUT2D eigenvalue weighted by atomic mass is 15.3. The summed E-state index contributed by atoms with van der Waals surface area (Å²) in [6.07, 6.45) is 9.84. The van der Waals surface area contributed by atoms with Gasteiger partial charge in [-0.2, -0.15) is 0 Å². The Balaban J connectivity index is 0.827. The number of fused-ring (bicyclic) bond motifs is 6. The molecule has 2 aliphatic carbocycles. The van der Waals surface area contributed by atoms with Crippen molar-refractivity contribution in [2.75, 3.05) is 9.80 Å². The van der Waals surface area contributed by atoms with Gasteiger partial charge in [-0.3, -0.25) is 0 Å². The Bertz CT molecular complexity index is 4150. The van der Waals surface area contributed by atoms with E-state index in [2.05, 4.69) is 280 Å². The zero-order chi connectivity index (χ0) is 55.0. The largest absolute Gasteiger partial charge is 0.334 e. The van der Waals surface area contributed by atoms with Crippen LogP contribution in [0.1, 0.15) is 90.2 Å². The Morgan fingerprint density at radius 1 is 0.268 bits per heavy atom. The summed E-state index contributed by atoms with van der Waals surface area (Å²) >= 11 is 0. The third-order valence-corrected chi connectivity index (χ3v) is 21.4. The van der Waals surface area contributed by atoms with E-state index in [1.54, 1.807) is 0 Å². The minimum atomic E-state index is 0.0163. The van der Waals surface area contributed by atoms with E-state index >= 15 is 0 Å². The van der Waals surface area contributed by atoms with Crippen molar-refractivity contribution in [1.82, 2.24) is 0 Å². The maximum absolute atomic E-state index is 2.67. The molecule has 2 nitrogen and oxygen atoms in total. The number of benzene rings is 12. The minimum absolute atomic E-state index is 0.0163. The van der Waals surface area contributed by atoms with Crippen LogP contribution in [0.2, 0.25) is 0 Å². The molecule has 0 N–H and O–H groups in total. The summed E-state index contributed by atoms with van der Waals surface area (Å²) in [6, 6.07) is 92.5. The van der Waals surface area contributed by atoms with Crippen molar-refractivity contribution < 1.29 is 0 Å². The quantitative estimate of drug-likeness (QED) is 0.140. The van der Waals surface area contributed by atoms with Crippen molar-refractivity contribution in [3.8, 4) is 66.8 Å². The molecule has 16 rings (SSSR count). The summed E-state index contributed by atoms with van der Waals surface area (Å²) < 4.78 is 0. The van der Waals surface area contributed by atoms with Crippen molar-refractivity contribution in [2.24, 2.45) is 0 Å². The molecule has 0 aromatic heterocycles. The van der Waals surface area contributed by atoms with Crippen LogP contribution in [0, 0.1) is 0 Å². The van der Waals surface area contributed by atoms with Gasteiger partial charge in [0, 0.05) is 33.6 Å². The fourth-order valence-corrected chi connectivity index (χ4v) is 16.7. The molecule has 4 aliphatic rings. The lowest BCUT2D eigenvalue weighted by molar-refractivity contribution is 0.195. The van der Waals surface area contributed by atoms with E-state index < -0.39 is 0 Å². The van der Waals surface area contributed by atoms with Crippen LogP contribution in [-0.2, 0) is 10.8 Å². The van der Waals surface area contributed by atoms with Crippen LogP contribution < -0.4 is 9.80 Å². The van der Waals surface area contributed by atoms with Crippen LogP contribution in [-0.4, -0.2) is 11.1 Å². The molecular weight excluding hydrogens is 989 g/mol. The predicted octanol–water partition coefficient (Wildman–Crippen LogP) is 22.1. The number of hydrogen-bond donors (Lipinski definition) is 0. The second-order valence-corrected chi connectivity index (χ2v) is 25.3. The van der Waals surface area contributed by atoms with Crippen LogP contribution >= 0.6 is 0 Å². The Hall–Kier alpha value is -8.72. The van der Waals surface area contributed by atoms with Crippen molar-refractivity contribution in [3.05, 3.63) is 254 Å². The molecule has 0 amide bonds. The highest BCUT2D eigenvalue weighted by Gasteiger charge is 2.59. The summed E-state index contributed by atoms with van der Waals surface area (Å²) in [7, 11) is 0. The molecular formula is C80H68N2. The smallest absolute Gasteiger partial charge is 0.0517 e. The third kappa shape index (κ3) is 7.06. The Labute approximate surface area is 483 Å². The van der Waals surface area contributed by atoms with E-state index in [4.69, 9.17) is 0 Å². The molecule has 2 heteroatoms. The first-order valence-corrected chi connectivity index (χ1v) is 30.2. The van der Waals surface area contributed by atoms with E-state index in [1.807, 2.05) is 0 Å². The lowest BCUT2D eigenvalue weighted by atomic mass is 9.61. The maximum atomic E-state index is 2.67. The number of anilines is 4. The number of hydrogen-bond acceptors (Lipinski definition) is 2. The van der Waals surface area contributed by atoms with Gasteiger partial charge in [0.2, 0.25) is 0 Å². The Morgan fingerprint density at radius 2 is 0.561 bits per heavy atom. The first-order valence-electron chi connectivity index (χ1n) is 30.2. The van der Waals surface area contributed by atoms with Crippen molar-refractivity contribution in [1.29, 1.82) is 0 Å². The molecule has 12 aromatic rings. The fraction of sp³-hybridized carbons (Fsp3) is 0.200. The Morgan fingerprint density at radius 3 is 0.915 bits per heavy atom. The molecule has 2 fully saturated rings. The number of nitrogens with zero attached hydrogens (tertiary/aromatic N) is 2. The van der Waals surface area contributed by atoms with Crippen LogP contribution in [0.25, 0.3) is 99.1 Å². The van der Waals surface area contributed by atoms with Gasteiger partial charge in [0.05, 0.1) is 11.1 Å². The molecule has 2 aliphatic heterocycles. The fourth-order valence-electron chi connectivity index (χ4n) is 16.7. The summed E-state index contributed by atoms with van der Waals surface area (Å²) in [4.78, 5) is 5.35. The van der Waals surface area contributed by atoms with Gasteiger partial charge in [-0.15, -0.1) is 0 Å². The van der Waals surface area contributed by atoms with Gasteiger partial charge < -0.3 is 9.80 Å².